The van der Waals surface area contributed by atoms with E-state index in [9.17, 15) is 9.59 Å². The first-order chi connectivity index (χ1) is 14.0. The maximum atomic E-state index is 13.4. The minimum absolute atomic E-state index is 0.0497. The van der Waals surface area contributed by atoms with Crippen LogP contribution in [0.5, 0.6) is 0 Å². The molecule has 5 nitrogen and oxygen atoms in total. The summed E-state index contributed by atoms with van der Waals surface area (Å²) in [6, 6.07) is 0. The zero-order valence-electron chi connectivity index (χ0n) is 20.8. The van der Waals surface area contributed by atoms with E-state index in [1.54, 1.807) is 0 Å². The van der Waals surface area contributed by atoms with Gasteiger partial charge in [0.1, 0.15) is 0 Å². The van der Waals surface area contributed by atoms with Crippen molar-refractivity contribution in [3.05, 3.63) is 36.1 Å². The molecule has 6 heteroatoms. The molecule has 0 aromatic rings. The first-order valence-electron chi connectivity index (χ1n) is 11.1. The highest BCUT2D eigenvalue weighted by Gasteiger charge is 2.68. The van der Waals surface area contributed by atoms with Crippen molar-refractivity contribution in [2.24, 2.45) is 11.3 Å². The normalized spacial score (nSPS) is 31.0. The summed E-state index contributed by atoms with van der Waals surface area (Å²) in [6.07, 6.45) is 3.79. The lowest BCUT2D eigenvalue weighted by molar-refractivity contribution is -0.140. The Labute approximate surface area is 189 Å². The van der Waals surface area contributed by atoms with E-state index < -0.39 is 25.3 Å². The quantitative estimate of drug-likeness (QED) is 0.118. The van der Waals surface area contributed by atoms with Gasteiger partial charge in [-0.2, -0.15) is 0 Å². The number of carbonyl (C=O) groups excluding carboxylic acids is 2. The summed E-state index contributed by atoms with van der Waals surface area (Å²) < 4.78 is 16.9. The second kappa shape index (κ2) is 8.36. The number of fused-ring (bicyclic) bond motifs is 1. The van der Waals surface area contributed by atoms with Crippen LogP contribution in [0.2, 0.25) is 18.1 Å². The van der Waals surface area contributed by atoms with Crippen molar-refractivity contribution < 1.29 is 23.5 Å². The Kier molecular flexibility index (Phi) is 6.90. The first kappa shape index (κ1) is 25.6. The average molecular weight is 449 g/mol. The number of allylic oxidation sites excluding steroid dienone is 2. The molecule has 1 heterocycles. The van der Waals surface area contributed by atoms with Crippen LogP contribution < -0.4 is 0 Å². The molecule has 2 fully saturated rings. The van der Waals surface area contributed by atoms with Gasteiger partial charge in [0, 0.05) is 16.9 Å². The van der Waals surface area contributed by atoms with Gasteiger partial charge < -0.3 is 13.9 Å². The predicted molar refractivity (Wildman–Crippen MR) is 126 cm³/mol. The predicted octanol–water partition coefficient (Wildman–Crippen LogP) is 5.73. The summed E-state index contributed by atoms with van der Waals surface area (Å²) in [5.41, 5.74) is -0.157. The van der Waals surface area contributed by atoms with E-state index in [0.29, 0.717) is 30.6 Å². The maximum absolute atomic E-state index is 13.4. The smallest absolute Gasteiger partial charge is 0.333 e. The van der Waals surface area contributed by atoms with Gasteiger partial charge in [-0.1, -0.05) is 46.9 Å². The number of hydrogen-bond donors (Lipinski definition) is 0. The van der Waals surface area contributed by atoms with E-state index in [1.807, 2.05) is 20.8 Å². The summed E-state index contributed by atoms with van der Waals surface area (Å²) >= 11 is 0. The molecule has 0 amide bonds. The monoisotopic (exact) mass is 448 g/mol. The number of hydrogen-bond acceptors (Lipinski definition) is 5. The summed E-state index contributed by atoms with van der Waals surface area (Å²) in [6.45, 7) is 24.9. The Morgan fingerprint density at radius 2 is 1.87 bits per heavy atom. The molecule has 2 rings (SSSR count). The van der Waals surface area contributed by atoms with Gasteiger partial charge in [-0.25, -0.2) is 4.79 Å². The lowest BCUT2D eigenvalue weighted by Crippen LogP contribution is -2.49. The minimum atomic E-state index is -1.96. The van der Waals surface area contributed by atoms with E-state index in [0.717, 1.165) is 5.57 Å². The zero-order chi connectivity index (χ0) is 24.0. The first-order valence-corrected chi connectivity index (χ1v) is 14.0. The number of Topliss-reactive ketones (excluding diaryl/α,β-unsaturated/α-hetero) is 1. The highest BCUT2D eigenvalue weighted by Crippen LogP contribution is 2.57. The van der Waals surface area contributed by atoms with Gasteiger partial charge in [-0.15, -0.1) is 0 Å². The number of epoxide rings is 1. The second-order valence-electron chi connectivity index (χ2n) is 11.0. The van der Waals surface area contributed by atoms with Crippen molar-refractivity contribution >= 4 is 20.1 Å². The Hall–Kier alpha value is -1.66. The van der Waals surface area contributed by atoms with Crippen LogP contribution in [0.4, 0.5) is 0 Å². The standard InChI is InChI=1S/C25H40O5Si/c1-16(18(3)30-31(10,11)23(4,5)6)13-12-14-24(7)19(17(2)21(26)28-9)15-20-25(8,29-20)22(24)27/h13,19-20H,2-3,12,14-15H2,1,4-11H3/b16-13+/t19-,20+,24-,25+/m1/s1. The molecule has 31 heavy (non-hydrogen) atoms. The van der Waals surface area contributed by atoms with Crippen LogP contribution in [0, 0.1) is 11.3 Å². The van der Waals surface area contributed by atoms with Gasteiger partial charge in [0.15, 0.2) is 11.4 Å². The Bertz CT molecular complexity index is 818. The molecule has 0 radical (unpaired) electrons. The van der Waals surface area contributed by atoms with Crippen LogP contribution in [0.1, 0.15) is 60.8 Å². The third kappa shape index (κ3) is 4.75. The molecule has 0 bridgehead atoms. The zero-order valence-corrected chi connectivity index (χ0v) is 21.8. The molecule has 2 aliphatic rings. The largest absolute Gasteiger partial charge is 0.544 e. The van der Waals surface area contributed by atoms with E-state index in [1.165, 1.54) is 7.11 Å². The van der Waals surface area contributed by atoms with Crippen LogP contribution >= 0.6 is 0 Å². The molecule has 1 saturated heterocycles. The lowest BCUT2D eigenvalue weighted by Gasteiger charge is -2.41. The van der Waals surface area contributed by atoms with Gasteiger partial charge in [-0.3, -0.25) is 4.79 Å². The number of carbonyl (C=O) groups is 2. The van der Waals surface area contributed by atoms with Crippen LogP contribution in [0.15, 0.2) is 36.1 Å². The van der Waals surface area contributed by atoms with Crippen LogP contribution in [-0.2, 0) is 23.5 Å². The van der Waals surface area contributed by atoms with Gasteiger partial charge in [0.25, 0.3) is 0 Å². The lowest BCUT2D eigenvalue weighted by atomic mass is 9.59. The molecule has 0 spiro atoms. The molecular weight excluding hydrogens is 408 g/mol. The molecule has 0 N–H and O–H groups in total. The molecule has 1 aliphatic heterocycles. The second-order valence-corrected chi connectivity index (χ2v) is 15.7. The SMILES string of the molecule is C=C(O[Si](C)(C)C(C)(C)C)/C(C)=C/CC[C@@]1(C)C(=O)[C@@]2(C)O[C@H]2C[C@@H]1C(=C)C(=O)OC. The third-order valence-corrected chi connectivity index (χ3v) is 12.1. The maximum Gasteiger partial charge on any atom is 0.333 e. The average Bonchev–Trinajstić information content (AvgIpc) is 3.33. The van der Waals surface area contributed by atoms with Gasteiger partial charge in [0.05, 0.1) is 19.0 Å². The van der Waals surface area contributed by atoms with Crippen molar-refractivity contribution in [2.75, 3.05) is 7.11 Å². The minimum Gasteiger partial charge on any atom is -0.544 e. The van der Waals surface area contributed by atoms with Crippen LogP contribution in [-0.4, -0.2) is 38.9 Å². The Balaban J connectivity index is 2.16. The summed E-state index contributed by atoms with van der Waals surface area (Å²) in [7, 11) is -0.618. The van der Waals surface area contributed by atoms with E-state index in [-0.39, 0.29) is 22.8 Å². The fourth-order valence-electron chi connectivity index (χ4n) is 4.27. The molecule has 0 unspecified atom stereocenters. The van der Waals surface area contributed by atoms with Crippen molar-refractivity contribution in [1.29, 1.82) is 0 Å². The molecule has 1 saturated carbocycles. The topological polar surface area (TPSA) is 65.1 Å². The molecule has 0 aromatic carbocycles. The fraction of sp³-hybridized carbons (Fsp3) is 0.680. The molecule has 1 aliphatic carbocycles. The van der Waals surface area contributed by atoms with E-state index >= 15 is 0 Å². The van der Waals surface area contributed by atoms with Crippen molar-refractivity contribution in [1.82, 2.24) is 0 Å². The fourth-order valence-corrected chi connectivity index (χ4v) is 5.35. The van der Waals surface area contributed by atoms with Gasteiger partial charge in [-0.05, 0) is 56.8 Å². The number of esters is 1. The summed E-state index contributed by atoms with van der Waals surface area (Å²) in [4.78, 5) is 25.5. The highest BCUT2D eigenvalue weighted by atomic mass is 28.4. The van der Waals surface area contributed by atoms with Gasteiger partial charge >= 0.3 is 5.97 Å². The molecular formula is C25H40O5Si. The van der Waals surface area contributed by atoms with Crippen molar-refractivity contribution in [3.63, 3.8) is 0 Å². The Morgan fingerprint density at radius 1 is 1.29 bits per heavy atom. The van der Waals surface area contributed by atoms with Crippen molar-refractivity contribution in [2.45, 2.75) is 90.6 Å². The summed E-state index contributed by atoms with van der Waals surface area (Å²) in [5.74, 6) is -0.0157. The number of methoxy groups -OCH3 is 1. The van der Waals surface area contributed by atoms with Crippen LogP contribution in [0.25, 0.3) is 0 Å². The number of rotatable bonds is 8. The molecule has 4 atom stereocenters. The number of ketones is 1. The number of ether oxygens (including phenoxy) is 2. The summed E-state index contributed by atoms with van der Waals surface area (Å²) in [5, 5.41) is 0.0932. The molecule has 174 valence electrons. The van der Waals surface area contributed by atoms with Gasteiger partial charge in [0.2, 0.25) is 8.32 Å². The Morgan fingerprint density at radius 3 is 2.39 bits per heavy atom. The van der Waals surface area contributed by atoms with E-state index in [4.69, 9.17) is 13.9 Å². The van der Waals surface area contributed by atoms with E-state index in [2.05, 4.69) is 53.1 Å². The molecule has 0 aromatic heterocycles. The van der Waals surface area contributed by atoms with Crippen LogP contribution in [0.3, 0.4) is 0 Å². The highest BCUT2D eigenvalue weighted by molar-refractivity contribution is 6.74. The van der Waals surface area contributed by atoms with Crippen molar-refractivity contribution in [3.8, 4) is 0 Å². The third-order valence-electron chi connectivity index (χ3n) is 7.74.